The van der Waals surface area contributed by atoms with Crippen molar-refractivity contribution in [2.75, 3.05) is 12.8 Å². The molecule has 2 aliphatic rings. The van der Waals surface area contributed by atoms with Crippen molar-refractivity contribution in [3.63, 3.8) is 0 Å². The van der Waals surface area contributed by atoms with Gasteiger partial charge < -0.3 is 27.2 Å². The number of hydrogen-bond acceptors (Lipinski definition) is 1. The summed E-state index contributed by atoms with van der Waals surface area (Å²) in [6.07, 6.45) is 14.0. The average Bonchev–Trinajstić information content (AvgIpc) is 2.60. The summed E-state index contributed by atoms with van der Waals surface area (Å²) in [4.78, 5) is 0. The van der Waals surface area contributed by atoms with Crippen LogP contribution in [0.2, 0.25) is 0 Å². The van der Waals surface area contributed by atoms with Crippen LogP contribution in [0.4, 0.5) is 5.69 Å². The van der Waals surface area contributed by atoms with Gasteiger partial charge in [0.25, 0.3) is 0 Å². The lowest BCUT2D eigenvalue weighted by Crippen LogP contribution is -3.00. The maximum Gasteiger partial charge on any atom is 0.107 e. The fourth-order valence-electron chi connectivity index (χ4n) is 5.03. The summed E-state index contributed by atoms with van der Waals surface area (Å²) in [5, 5.41) is 0. The van der Waals surface area contributed by atoms with E-state index < -0.39 is 0 Å². The van der Waals surface area contributed by atoms with E-state index in [1.165, 1.54) is 74.3 Å². The average molecular weight is 539 g/mol. The van der Waals surface area contributed by atoms with Crippen molar-refractivity contribution >= 4 is 37.5 Å². The first-order valence-corrected chi connectivity index (χ1v) is 11.2. The van der Waals surface area contributed by atoms with Crippen molar-refractivity contribution in [1.82, 2.24) is 0 Å². The molecule has 0 aliphatic heterocycles. The van der Waals surface area contributed by atoms with Crippen LogP contribution in [0, 0.1) is 0 Å². The molecule has 0 unspecified atom stereocenters. The monoisotopic (exact) mass is 536 g/mol. The van der Waals surface area contributed by atoms with Gasteiger partial charge in [-0.15, -0.1) is 0 Å². The highest BCUT2D eigenvalue weighted by Crippen LogP contribution is 2.39. The highest BCUT2D eigenvalue weighted by molar-refractivity contribution is 9.11. The van der Waals surface area contributed by atoms with Gasteiger partial charge in [-0.25, -0.2) is 0 Å². The second-order valence-electron chi connectivity index (χ2n) is 8.05. The molecule has 0 heterocycles. The Morgan fingerprint density at radius 2 is 1.40 bits per heavy atom. The third kappa shape index (κ3) is 5.03. The SMILES string of the molecule is C[N+](Cc1cc(Br)cc(Br)c1N)(C1CCCCC1)C1CCCCC1.[Br-]. The summed E-state index contributed by atoms with van der Waals surface area (Å²) < 4.78 is 3.34. The van der Waals surface area contributed by atoms with Crippen molar-refractivity contribution in [3.05, 3.63) is 26.6 Å². The zero-order valence-electron chi connectivity index (χ0n) is 15.2. The molecule has 5 heteroatoms. The third-order valence-electron chi connectivity index (χ3n) is 6.51. The van der Waals surface area contributed by atoms with E-state index in [1.807, 2.05) is 0 Å². The molecule has 25 heavy (non-hydrogen) atoms. The van der Waals surface area contributed by atoms with Crippen LogP contribution in [-0.2, 0) is 6.54 Å². The van der Waals surface area contributed by atoms with Crippen LogP contribution in [0.3, 0.4) is 0 Å². The van der Waals surface area contributed by atoms with E-state index in [0.29, 0.717) is 0 Å². The number of anilines is 1. The second-order valence-corrected chi connectivity index (χ2v) is 9.82. The summed E-state index contributed by atoms with van der Waals surface area (Å²) in [6.45, 7) is 1.07. The molecule has 2 saturated carbocycles. The van der Waals surface area contributed by atoms with Gasteiger partial charge in [-0.3, -0.25) is 0 Å². The molecular weight excluding hydrogens is 508 g/mol. The summed E-state index contributed by atoms with van der Waals surface area (Å²) in [6, 6.07) is 5.91. The van der Waals surface area contributed by atoms with E-state index >= 15 is 0 Å². The van der Waals surface area contributed by atoms with Gasteiger partial charge in [-0.2, -0.15) is 0 Å². The van der Waals surface area contributed by atoms with Gasteiger partial charge in [0.2, 0.25) is 0 Å². The largest absolute Gasteiger partial charge is 1.00 e. The summed E-state index contributed by atoms with van der Waals surface area (Å²) >= 11 is 7.29. The van der Waals surface area contributed by atoms with Gasteiger partial charge in [-0.1, -0.05) is 28.8 Å². The zero-order valence-corrected chi connectivity index (χ0v) is 20.0. The maximum absolute atomic E-state index is 6.44. The Hall–Kier alpha value is 0.420. The second kappa shape index (κ2) is 9.57. The quantitative estimate of drug-likeness (QED) is 0.461. The van der Waals surface area contributed by atoms with E-state index in [9.17, 15) is 0 Å². The first kappa shape index (κ1) is 21.7. The molecule has 2 fully saturated rings. The molecule has 0 radical (unpaired) electrons. The normalized spacial score (nSPS) is 20.3. The topological polar surface area (TPSA) is 26.0 Å². The Kier molecular flexibility index (Phi) is 8.31. The van der Waals surface area contributed by atoms with E-state index in [4.69, 9.17) is 5.73 Å². The minimum atomic E-state index is 0. The van der Waals surface area contributed by atoms with Gasteiger partial charge in [-0.05, 0) is 79.4 Å². The highest BCUT2D eigenvalue weighted by Gasteiger charge is 2.41. The van der Waals surface area contributed by atoms with Crippen molar-refractivity contribution in [3.8, 4) is 0 Å². The Morgan fingerprint density at radius 3 is 1.88 bits per heavy atom. The Balaban J connectivity index is 0.00000225. The molecule has 2 N–H and O–H groups in total. The van der Waals surface area contributed by atoms with E-state index in [1.54, 1.807) is 0 Å². The summed E-state index contributed by atoms with van der Waals surface area (Å²) in [7, 11) is 2.53. The summed E-state index contributed by atoms with van der Waals surface area (Å²) in [5.41, 5.74) is 8.67. The maximum atomic E-state index is 6.44. The molecule has 1 aromatic carbocycles. The van der Waals surface area contributed by atoms with Crippen LogP contribution in [0.25, 0.3) is 0 Å². The van der Waals surface area contributed by atoms with Crippen LogP contribution in [-0.4, -0.2) is 23.6 Å². The molecule has 0 aromatic heterocycles. The molecule has 3 rings (SSSR count). The zero-order chi connectivity index (χ0) is 17.2. The smallest absolute Gasteiger partial charge is 0.107 e. The highest BCUT2D eigenvalue weighted by atomic mass is 79.9. The Morgan fingerprint density at radius 1 is 0.920 bits per heavy atom. The molecule has 0 saturated heterocycles. The van der Waals surface area contributed by atoms with Gasteiger partial charge >= 0.3 is 0 Å². The van der Waals surface area contributed by atoms with Gasteiger partial charge in [0.1, 0.15) is 6.54 Å². The van der Waals surface area contributed by atoms with Crippen LogP contribution in [0.15, 0.2) is 21.1 Å². The lowest BCUT2D eigenvalue weighted by molar-refractivity contribution is -0.971. The Bertz CT molecular complexity index is 546. The molecule has 1 aromatic rings. The van der Waals surface area contributed by atoms with Crippen molar-refractivity contribution < 1.29 is 21.5 Å². The predicted octanol–water partition coefficient (Wildman–Crippen LogP) is 3.41. The minimum Gasteiger partial charge on any atom is -1.00 e. The van der Waals surface area contributed by atoms with Gasteiger partial charge in [0.15, 0.2) is 0 Å². The van der Waals surface area contributed by atoms with Crippen molar-refractivity contribution in [1.29, 1.82) is 0 Å². The van der Waals surface area contributed by atoms with Crippen LogP contribution < -0.4 is 22.7 Å². The molecule has 2 nitrogen and oxygen atoms in total. The lowest BCUT2D eigenvalue weighted by atomic mass is 9.85. The number of nitrogens with zero attached hydrogens (tertiary/aromatic N) is 1. The Labute approximate surface area is 180 Å². The number of nitrogen functional groups attached to an aromatic ring is 1. The number of quaternary nitrogens is 1. The standard InChI is InChI=1S/C20H31Br2N2.BrH/c1-24(17-8-4-2-5-9-17,18-10-6-3-7-11-18)14-15-12-16(21)13-19(22)20(15)23;/h12-13,17-18H,2-11,14,23H2,1H3;1H/q+1;/p-1. The molecule has 2 aliphatic carbocycles. The molecular formula is C20H31Br3N2. The molecule has 0 spiro atoms. The number of hydrogen-bond donors (Lipinski definition) is 1. The van der Waals surface area contributed by atoms with E-state index in [2.05, 4.69) is 51.0 Å². The van der Waals surface area contributed by atoms with Crippen molar-refractivity contribution in [2.45, 2.75) is 82.8 Å². The fourth-order valence-corrected chi connectivity index (χ4v) is 6.35. The van der Waals surface area contributed by atoms with Crippen molar-refractivity contribution in [2.24, 2.45) is 0 Å². The molecule has 0 atom stereocenters. The van der Waals surface area contributed by atoms with Gasteiger partial charge in [0, 0.05) is 14.5 Å². The molecule has 142 valence electrons. The molecule has 0 amide bonds. The number of benzene rings is 1. The fraction of sp³-hybridized carbons (Fsp3) is 0.700. The van der Waals surface area contributed by atoms with Crippen LogP contribution in [0.1, 0.15) is 69.8 Å². The lowest BCUT2D eigenvalue weighted by Gasteiger charge is -2.50. The molecule has 0 bridgehead atoms. The number of rotatable bonds is 4. The number of nitrogens with two attached hydrogens (primary N) is 1. The van der Waals surface area contributed by atoms with Crippen LogP contribution >= 0.6 is 31.9 Å². The predicted molar refractivity (Wildman–Crippen MR) is 110 cm³/mol. The first-order chi connectivity index (χ1) is 11.5. The minimum absolute atomic E-state index is 0. The summed E-state index contributed by atoms with van der Waals surface area (Å²) in [5.74, 6) is 0. The van der Waals surface area contributed by atoms with Crippen LogP contribution in [0.5, 0.6) is 0 Å². The number of halogens is 3. The van der Waals surface area contributed by atoms with Gasteiger partial charge in [0.05, 0.1) is 24.8 Å². The first-order valence-electron chi connectivity index (χ1n) is 9.59. The third-order valence-corrected chi connectivity index (χ3v) is 7.62. The van der Waals surface area contributed by atoms with E-state index in [0.717, 1.165) is 33.3 Å². The van der Waals surface area contributed by atoms with E-state index in [-0.39, 0.29) is 17.0 Å².